The molecular formula is C18H20F2N4O2S. The van der Waals surface area contributed by atoms with Gasteiger partial charge in [0.25, 0.3) is 0 Å². The van der Waals surface area contributed by atoms with Crippen LogP contribution in [-0.2, 0) is 16.6 Å². The second-order valence-electron chi connectivity index (χ2n) is 6.21. The van der Waals surface area contributed by atoms with Crippen LogP contribution in [0.1, 0.15) is 18.4 Å². The highest BCUT2D eigenvalue weighted by molar-refractivity contribution is 7.89. The molecule has 1 fully saturated rings. The van der Waals surface area contributed by atoms with Crippen molar-refractivity contribution in [2.75, 3.05) is 18.4 Å². The van der Waals surface area contributed by atoms with Crippen molar-refractivity contribution in [1.29, 1.82) is 0 Å². The molecule has 27 heavy (non-hydrogen) atoms. The fraction of sp³-hybridized carbons (Fsp3) is 0.278. The quantitative estimate of drug-likeness (QED) is 0.603. The van der Waals surface area contributed by atoms with Crippen LogP contribution in [0.25, 0.3) is 0 Å². The fourth-order valence-electron chi connectivity index (χ4n) is 2.79. The van der Waals surface area contributed by atoms with Crippen LogP contribution in [0, 0.1) is 11.6 Å². The summed E-state index contributed by atoms with van der Waals surface area (Å²) in [6, 6.07) is 9.36. The van der Waals surface area contributed by atoms with Gasteiger partial charge in [0.15, 0.2) is 5.96 Å². The Kier molecular flexibility index (Phi) is 5.71. The van der Waals surface area contributed by atoms with Gasteiger partial charge in [0.2, 0.25) is 10.0 Å². The lowest BCUT2D eigenvalue weighted by molar-refractivity contribution is 0.477. The van der Waals surface area contributed by atoms with E-state index in [4.69, 9.17) is 5.73 Å². The Morgan fingerprint density at radius 2 is 1.78 bits per heavy atom. The minimum atomic E-state index is -3.45. The molecule has 1 aliphatic rings. The molecule has 2 aromatic carbocycles. The van der Waals surface area contributed by atoms with Gasteiger partial charge in [-0.15, -0.1) is 0 Å². The monoisotopic (exact) mass is 394 g/mol. The summed E-state index contributed by atoms with van der Waals surface area (Å²) in [6.07, 6.45) is 1.76. The number of hydrogen-bond donors (Lipinski definition) is 2. The van der Waals surface area contributed by atoms with Crippen LogP contribution in [0.3, 0.4) is 0 Å². The van der Waals surface area contributed by atoms with Crippen LogP contribution in [0.2, 0.25) is 0 Å². The predicted octanol–water partition coefficient (Wildman–Crippen LogP) is 2.68. The van der Waals surface area contributed by atoms with E-state index in [9.17, 15) is 17.2 Å². The molecule has 0 bridgehead atoms. The van der Waals surface area contributed by atoms with Gasteiger partial charge in [0.05, 0.1) is 17.1 Å². The smallest absolute Gasteiger partial charge is 0.243 e. The first-order valence-corrected chi connectivity index (χ1v) is 9.91. The average molecular weight is 394 g/mol. The van der Waals surface area contributed by atoms with E-state index in [0.29, 0.717) is 13.1 Å². The van der Waals surface area contributed by atoms with Crippen LogP contribution in [0.15, 0.2) is 52.4 Å². The van der Waals surface area contributed by atoms with Gasteiger partial charge in [-0.1, -0.05) is 12.1 Å². The van der Waals surface area contributed by atoms with Crippen molar-refractivity contribution in [3.8, 4) is 0 Å². The molecule has 3 N–H and O–H groups in total. The van der Waals surface area contributed by atoms with Crippen molar-refractivity contribution >= 4 is 21.7 Å². The van der Waals surface area contributed by atoms with Crippen LogP contribution < -0.4 is 11.1 Å². The van der Waals surface area contributed by atoms with Gasteiger partial charge in [-0.25, -0.2) is 22.2 Å². The van der Waals surface area contributed by atoms with Gasteiger partial charge in [-0.2, -0.15) is 4.31 Å². The molecule has 9 heteroatoms. The van der Waals surface area contributed by atoms with Crippen molar-refractivity contribution in [2.45, 2.75) is 24.3 Å². The van der Waals surface area contributed by atoms with Gasteiger partial charge in [0.1, 0.15) is 11.6 Å². The van der Waals surface area contributed by atoms with E-state index < -0.39 is 21.7 Å². The number of nitrogens with one attached hydrogen (secondary N) is 1. The Hall–Kier alpha value is -2.52. The van der Waals surface area contributed by atoms with E-state index in [1.165, 1.54) is 16.4 Å². The van der Waals surface area contributed by atoms with Gasteiger partial charge in [-0.05, 0) is 42.7 Å². The van der Waals surface area contributed by atoms with E-state index in [0.717, 1.165) is 36.6 Å². The Morgan fingerprint density at radius 1 is 1.11 bits per heavy atom. The lowest BCUT2D eigenvalue weighted by Crippen LogP contribution is -2.27. The first-order valence-electron chi connectivity index (χ1n) is 8.47. The predicted molar refractivity (Wildman–Crippen MR) is 99.7 cm³/mol. The van der Waals surface area contributed by atoms with E-state index in [1.54, 1.807) is 12.1 Å². The lowest BCUT2D eigenvalue weighted by atomic mass is 10.2. The Balaban J connectivity index is 1.65. The maximum atomic E-state index is 13.6. The molecule has 0 aliphatic carbocycles. The van der Waals surface area contributed by atoms with Crippen molar-refractivity contribution in [2.24, 2.45) is 10.7 Å². The molecule has 1 saturated heterocycles. The molecule has 3 rings (SSSR count). The molecule has 0 aromatic heterocycles. The van der Waals surface area contributed by atoms with Gasteiger partial charge < -0.3 is 11.1 Å². The number of halogens is 2. The number of guanidine groups is 1. The maximum Gasteiger partial charge on any atom is 0.243 e. The molecule has 144 valence electrons. The van der Waals surface area contributed by atoms with Crippen LogP contribution in [0.5, 0.6) is 0 Å². The van der Waals surface area contributed by atoms with Crippen LogP contribution in [-0.4, -0.2) is 31.8 Å². The van der Waals surface area contributed by atoms with E-state index in [-0.39, 0.29) is 23.1 Å². The fourth-order valence-corrected chi connectivity index (χ4v) is 4.31. The van der Waals surface area contributed by atoms with E-state index in [2.05, 4.69) is 10.3 Å². The highest BCUT2D eigenvalue weighted by Gasteiger charge is 2.26. The number of benzene rings is 2. The number of rotatable bonds is 5. The third-order valence-corrected chi connectivity index (χ3v) is 6.16. The first kappa shape index (κ1) is 19.2. The molecule has 0 atom stereocenters. The first-order chi connectivity index (χ1) is 12.9. The molecule has 0 unspecified atom stereocenters. The summed E-state index contributed by atoms with van der Waals surface area (Å²) in [6.45, 7) is 1.26. The van der Waals surface area contributed by atoms with Gasteiger partial charge >= 0.3 is 0 Å². The molecule has 1 aliphatic heterocycles. The SMILES string of the molecule is NC(=NCc1ccc(S(=O)(=O)N2CCCC2)cc1)Nc1cc(F)ccc1F. The zero-order chi connectivity index (χ0) is 19.4. The molecule has 6 nitrogen and oxygen atoms in total. The number of nitrogens with zero attached hydrogens (tertiary/aromatic N) is 2. The van der Waals surface area contributed by atoms with Crippen LogP contribution in [0.4, 0.5) is 14.5 Å². The highest BCUT2D eigenvalue weighted by Crippen LogP contribution is 2.21. The van der Waals surface area contributed by atoms with E-state index in [1.807, 2.05) is 0 Å². The summed E-state index contributed by atoms with van der Waals surface area (Å²) in [7, 11) is -3.45. The Labute approximate surface area is 156 Å². The van der Waals surface area contributed by atoms with E-state index >= 15 is 0 Å². The number of nitrogens with two attached hydrogens (primary N) is 1. The molecule has 0 spiro atoms. The second-order valence-corrected chi connectivity index (χ2v) is 8.14. The molecule has 0 radical (unpaired) electrons. The van der Waals surface area contributed by atoms with Crippen molar-refractivity contribution in [1.82, 2.24) is 4.31 Å². The summed E-state index contributed by atoms with van der Waals surface area (Å²) < 4.78 is 53.2. The number of aliphatic imine (C=N–C) groups is 1. The Bertz CT molecular complexity index is 940. The number of sulfonamides is 1. The summed E-state index contributed by atoms with van der Waals surface area (Å²) in [5.41, 5.74) is 6.33. The van der Waals surface area contributed by atoms with Gasteiger partial charge in [-0.3, -0.25) is 0 Å². The number of anilines is 1. The maximum absolute atomic E-state index is 13.6. The summed E-state index contributed by atoms with van der Waals surface area (Å²) in [5.74, 6) is -1.32. The lowest BCUT2D eigenvalue weighted by Gasteiger charge is -2.15. The Morgan fingerprint density at radius 3 is 2.44 bits per heavy atom. The third kappa shape index (κ3) is 4.61. The summed E-state index contributed by atoms with van der Waals surface area (Å²) >= 11 is 0. The molecular weight excluding hydrogens is 374 g/mol. The average Bonchev–Trinajstić information content (AvgIpc) is 3.19. The van der Waals surface area contributed by atoms with Crippen molar-refractivity contribution in [3.63, 3.8) is 0 Å². The zero-order valence-electron chi connectivity index (χ0n) is 14.5. The molecule has 1 heterocycles. The minimum Gasteiger partial charge on any atom is -0.370 e. The normalized spacial score (nSPS) is 15.9. The van der Waals surface area contributed by atoms with Crippen molar-refractivity contribution < 1.29 is 17.2 Å². The molecule has 0 amide bonds. The van der Waals surface area contributed by atoms with Gasteiger partial charge in [0, 0.05) is 19.2 Å². The summed E-state index contributed by atoms with van der Waals surface area (Å²) in [5, 5.41) is 2.50. The second kappa shape index (κ2) is 8.01. The third-order valence-electron chi connectivity index (χ3n) is 4.25. The van der Waals surface area contributed by atoms with Crippen LogP contribution >= 0.6 is 0 Å². The summed E-state index contributed by atoms with van der Waals surface area (Å²) in [4.78, 5) is 4.30. The standard InChI is InChI=1S/C18H20F2N4O2S/c19-14-5-8-16(20)17(11-14)23-18(21)22-12-13-3-6-15(7-4-13)27(25,26)24-9-1-2-10-24/h3-8,11H,1-2,9-10,12H2,(H3,21,22,23). The highest BCUT2D eigenvalue weighted by atomic mass is 32.2. The number of hydrogen-bond acceptors (Lipinski definition) is 3. The zero-order valence-corrected chi connectivity index (χ0v) is 15.3. The molecule has 2 aromatic rings. The molecule has 0 saturated carbocycles. The van der Waals surface area contributed by atoms with Crippen molar-refractivity contribution in [3.05, 3.63) is 59.7 Å². The topological polar surface area (TPSA) is 87.8 Å². The largest absolute Gasteiger partial charge is 0.370 e. The minimum absolute atomic E-state index is 0.0757.